The molecule has 0 spiro atoms. The third-order valence-electron chi connectivity index (χ3n) is 3.74. The number of aromatic hydroxyl groups is 2. The molecule has 0 saturated heterocycles. The topological polar surface area (TPSA) is 78.5 Å². The van der Waals surface area contributed by atoms with Gasteiger partial charge >= 0.3 is 0 Å². The van der Waals surface area contributed by atoms with Crippen molar-refractivity contribution in [1.29, 1.82) is 0 Å². The van der Waals surface area contributed by atoms with Gasteiger partial charge in [0.1, 0.15) is 11.5 Å². The molecule has 1 aliphatic carbocycles. The summed E-state index contributed by atoms with van der Waals surface area (Å²) >= 11 is 0. The summed E-state index contributed by atoms with van der Waals surface area (Å²) in [5.74, 6) is 0.231. The third kappa shape index (κ3) is 3.15. The molecule has 1 aromatic rings. The van der Waals surface area contributed by atoms with Gasteiger partial charge in [-0.05, 0) is 38.7 Å². The van der Waals surface area contributed by atoms with Crippen molar-refractivity contribution in [2.24, 2.45) is 5.73 Å². The molecular formula is C14H22N2O2. The molecule has 1 aromatic carbocycles. The monoisotopic (exact) mass is 250 g/mol. The molecule has 4 nitrogen and oxygen atoms in total. The Balaban J connectivity index is 1.97. The van der Waals surface area contributed by atoms with Crippen molar-refractivity contribution in [2.45, 2.75) is 50.7 Å². The van der Waals surface area contributed by atoms with Gasteiger partial charge in [0, 0.05) is 29.8 Å². The minimum absolute atomic E-state index is 0.0740. The van der Waals surface area contributed by atoms with Crippen LogP contribution in [0.5, 0.6) is 11.5 Å². The van der Waals surface area contributed by atoms with Crippen LogP contribution in [-0.4, -0.2) is 22.3 Å². The Morgan fingerprint density at radius 2 is 1.89 bits per heavy atom. The molecule has 2 rings (SSSR count). The van der Waals surface area contributed by atoms with E-state index in [4.69, 9.17) is 5.73 Å². The molecule has 1 saturated carbocycles. The molecular weight excluding hydrogens is 228 g/mol. The van der Waals surface area contributed by atoms with Crippen LogP contribution in [0.3, 0.4) is 0 Å². The van der Waals surface area contributed by atoms with E-state index >= 15 is 0 Å². The summed E-state index contributed by atoms with van der Waals surface area (Å²) in [6, 6.07) is 5.63. The minimum Gasteiger partial charge on any atom is -0.508 e. The molecule has 18 heavy (non-hydrogen) atoms. The predicted octanol–water partition coefficient (Wildman–Crippen LogP) is 2.02. The van der Waals surface area contributed by atoms with Crippen LogP contribution in [0.2, 0.25) is 0 Å². The van der Waals surface area contributed by atoms with Crippen LogP contribution in [0.4, 0.5) is 0 Å². The first-order chi connectivity index (χ1) is 8.56. The molecule has 4 heteroatoms. The fourth-order valence-corrected chi connectivity index (χ4v) is 2.63. The van der Waals surface area contributed by atoms with Crippen molar-refractivity contribution in [2.75, 3.05) is 0 Å². The predicted molar refractivity (Wildman–Crippen MR) is 71.6 cm³/mol. The zero-order valence-corrected chi connectivity index (χ0v) is 10.8. The second kappa shape index (κ2) is 5.59. The van der Waals surface area contributed by atoms with Crippen molar-refractivity contribution in [3.05, 3.63) is 23.8 Å². The highest BCUT2D eigenvalue weighted by Crippen LogP contribution is 2.29. The molecule has 0 aliphatic heterocycles. The highest BCUT2D eigenvalue weighted by molar-refractivity contribution is 5.40. The van der Waals surface area contributed by atoms with E-state index in [1.54, 1.807) is 12.1 Å². The van der Waals surface area contributed by atoms with Gasteiger partial charge in [-0.25, -0.2) is 0 Å². The van der Waals surface area contributed by atoms with Crippen molar-refractivity contribution in [1.82, 2.24) is 5.32 Å². The number of nitrogens with one attached hydrogen (secondary N) is 1. The van der Waals surface area contributed by atoms with Gasteiger partial charge in [-0.3, -0.25) is 0 Å². The quantitative estimate of drug-likeness (QED) is 0.662. The maximum absolute atomic E-state index is 9.81. The minimum atomic E-state index is 0.0740. The summed E-state index contributed by atoms with van der Waals surface area (Å²) < 4.78 is 0. The van der Waals surface area contributed by atoms with Crippen molar-refractivity contribution >= 4 is 0 Å². The average Bonchev–Trinajstić information content (AvgIpc) is 2.32. The number of hydrogen-bond acceptors (Lipinski definition) is 4. The second-order valence-corrected chi connectivity index (χ2v) is 5.24. The number of phenolic OH excluding ortho intramolecular Hbond substituents is 2. The number of hydrogen-bond donors (Lipinski definition) is 4. The summed E-state index contributed by atoms with van der Waals surface area (Å²) in [5, 5.41) is 22.6. The fraction of sp³-hybridized carbons (Fsp3) is 0.571. The van der Waals surface area contributed by atoms with Gasteiger partial charge in [-0.15, -0.1) is 0 Å². The maximum Gasteiger partial charge on any atom is 0.124 e. The number of nitrogens with two attached hydrogens (primary N) is 1. The van der Waals surface area contributed by atoms with Gasteiger partial charge in [0.2, 0.25) is 0 Å². The zero-order chi connectivity index (χ0) is 13.1. The number of benzene rings is 1. The molecule has 0 amide bonds. The van der Waals surface area contributed by atoms with E-state index in [0.29, 0.717) is 12.1 Å². The second-order valence-electron chi connectivity index (χ2n) is 5.24. The average molecular weight is 250 g/mol. The van der Waals surface area contributed by atoms with Crippen LogP contribution >= 0.6 is 0 Å². The molecule has 0 heterocycles. The molecule has 0 aromatic heterocycles. The molecule has 100 valence electrons. The lowest BCUT2D eigenvalue weighted by Crippen LogP contribution is -2.38. The molecule has 1 fully saturated rings. The third-order valence-corrected chi connectivity index (χ3v) is 3.74. The molecule has 0 radical (unpaired) electrons. The lowest BCUT2D eigenvalue weighted by atomic mass is 9.91. The summed E-state index contributed by atoms with van der Waals surface area (Å²) in [7, 11) is 0. The first-order valence-electron chi connectivity index (χ1n) is 6.59. The Kier molecular flexibility index (Phi) is 4.09. The van der Waals surface area contributed by atoms with Gasteiger partial charge in [0.15, 0.2) is 0 Å². The summed E-state index contributed by atoms with van der Waals surface area (Å²) in [4.78, 5) is 0. The van der Waals surface area contributed by atoms with Crippen LogP contribution in [-0.2, 0) is 0 Å². The number of phenols is 2. The van der Waals surface area contributed by atoms with Gasteiger partial charge in [0.25, 0.3) is 0 Å². The Morgan fingerprint density at radius 1 is 1.22 bits per heavy atom. The van der Waals surface area contributed by atoms with E-state index in [-0.39, 0.29) is 17.5 Å². The maximum atomic E-state index is 9.81. The first-order valence-corrected chi connectivity index (χ1v) is 6.59. The van der Waals surface area contributed by atoms with Crippen LogP contribution < -0.4 is 11.1 Å². The van der Waals surface area contributed by atoms with Crippen molar-refractivity contribution in [3.63, 3.8) is 0 Å². The fourth-order valence-electron chi connectivity index (χ4n) is 2.63. The Bertz CT molecular complexity index is 401. The molecule has 1 unspecified atom stereocenters. The van der Waals surface area contributed by atoms with Crippen LogP contribution in [0.25, 0.3) is 0 Å². The van der Waals surface area contributed by atoms with Gasteiger partial charge in [-0.1, -0.05) is 6.07 Å². The summed E-state index contributed by atoms with van der Waals surface area (Å²) in [6.07, 6.45) is 4.30. The highest BCUT2D eigenvalue weighted by Gasteiger charge is 2.21. The van der Waals surface area contributed by atoms with E-state index < -0.39 is 0 Å². The van der Waals surface area contributed by atoms with E-state index in [9.17, 15) is 10.2 Å². The van der Waals surface area contributed by atoms with Crippen molar-refractivity contribution in [3.8, 4) is 11.5 Å². The normalized spacial score (nSPS) is 25.9. The Hall–Kier alpha value is -1.26. The standard InChI is InChI=1S/C14H22N2O2/c1-9(13-7-6-12(17)8-14(13)18)16-11-4-2-10(15)3-5-11/h6-11,16-18H,2-5,15H2,1H3. The van der Waals surface area contributed by atoms with E-state index in [1.165, 1.54) is 6.07 Å². The van der Waals surface area contributed by atoms with E-state index in [2.05, 4.69) is 5.32 Å². The lowest BCUT2D eigenvalue weighted by molar-refractivity contribution is 0.319. The lowest BCUT2D eigenvalue weighted by Gasteiger charge is -2.30. The molecule has 1 atom stereocenters. The van der Waals surface area contributed by atoms with Crippen molar-refractivity contribution < 1.29 is 10.2 Å². The molecule has 5 N–H and O–H groups in total. The van der Waals surface area contributed by atoms with Gasteiger partial charge in [0.05, 0.1) is 0 Å². The van der Waals surface area contributed by atoms with E-state index in [0.717, 1.165) is 31.2 Å². The molecule has 1 aliphatic rings. The van der Waals surface area contributed by atoms with Crippen LogP contribution in [0.1, 0.15) is 44.2 Å². The van der Waals surface area contributed by atoms with Crippen LogP contribution in [0.15, 0.2) is 18.2 Å². The summed E-state index contributed by atoms with van der Waals surface area (Å²) in [5.41, 5.74) is 6.71. The number of rotatable bonds is 3. The smallest absolute Gasteiger partial charge is 0.124 e. The van der Waals surface area contributed by atoms with E-state index in [1.807, 2.05) is 6.92 Å². The van der Waals surface area contributed by atoms with Gasteiger partial charge < -0.3 is 21.3 Å². The SMILES string of the molecule is CC(NC1CCC(N)CC1)c1ccc(O)cc1O. The largest absolute Gasteiger partial charge is 0.508 e. The Labute approximate surface area is 108 Å². The zero-order valence-electron chi connectivity index (χ0n) is 10.8. The Morgan fingerprint density at radius 3 is 2.50 bits per heavy atom. The van der Waals surface area contributed by atoms with Gasteiger partial charge in [-0.2, -0.15) is 0 Å². The first kappa shape index (κ1) is 13.2. The summed E-state index contributed by atoms with van der Waals surface area (Å²) in [6.45, 7) is 2.03. The molecule has 0 bridgehead atoms. The van der Waals surface area contributed by atoms with Crippen LogP contribution in [0, 0.1) is 0 Å². The highest BCUT2D eigenvalue weighted by atomic mass is 16.3.